The van der Waals surface area contributed by atoms with E-state index < -0.39 is 0 Å². The van der Waals surface area contributed by atoms with Crippen LogP contribution in [-0.4, -0.2) is 30.1 Å². The van der Waals surface area contributed by atoms with Crippen molar-refractivity contribution in [1.29, 1.82) is 0 Å². The van der Waals surface area contributed by atoms with E-state index in [0.717, 1.165) is 26.2 Å². The summed E-state index contributed by atoms with van der Waals surface area (Å²) in [5, 5.41) is 3.57. The minimum Gasteiger partial charge on any atom is -0.314 e. The van der Waals surface area contributed by atoms with Crippen molar-refractivity contribution in [2.75, 3.05) is 19.6 Å². The van der Waals surface area contributed by atoms with Crippen molar-refractivity contribution in [2.24, 2.45) is 0 Å². The Morgan fingerprint density at radius 3 is 2.61 bits per heavy atom. The summed E-state index contributed by atoms with van der Waals surface area (Å²) in [6, 6.07) is 8.78. The van der Waals surface area contributed by atoms with Crippen LogP contribution in [0.3, 0.4) is 0 Å². The zero-order valence-electron chi connectivity index (χ0n) is 12.0. The monoisotopic (exact) mass is 246 g/mol. The summed E-state index contributed by atoms with van der Waals surface area (Å²) in [6.07, 6.45) is 2.45. The van der Waals surface area contributed by atoms with Gasteiger partial charge in [0.1, 0.15) is 0 Å². The van der Waals surface area contributed by atoms with Crippen LogP contribution < -0.4 is 5.32 Å². The molecule has 2 nitrogen and oxygen atoms in total. The molecule has 1 aliphatic heterocycles. The van der Waals surface area contributed by atoms with E-state index in [2.05, 4.69) is 55.3 Å². The summed E-state index contributed by atoms with van der Waals surface area (Å²) in [5.74, 6) is 0. The normalized spacial score (nSPS) is 19.9. The number of rotatable bonds is 4. The van der Waals surface area contributed by atoms with Crippen LogP contribution in [0.25, 0.3) is 0 Å². The van der Waals surface area contributed by atoms with Crippen molar-refractivity contribution >= 4 is 0 Å². The maximum absolute atomic E-state index is 3.57. The molecule has 0 radical (unpaired) electrons. The Balaban J connectivity index is 2.18. The summed E-state index contributed by atoms with van der Waals surface area (Å²) >= 11 is 0. The Kier molecular flexibility index (Phi) is 4.41. The molecule has 2 heteroatoms. The van der Waals surface area contributed by atoms with Gasteiger partial charge in [-0.2, -0.15) is 0 Å². The molecule has 1 aromatic carbocycles. The molecule has 0 amide bonds. The van der Waals surface area contributed by atoms with Crippen molar-refractivity contribution < 1.29 is 0 Å². The van der Waals surface area contributed by atoms with Gasteiger partial charge in [-0.15, -0.1) is 0 Å². The number of aryl methyl sites for hydroxylation is 1. The van der Waals surface area contributed by atoms with Crippen LogP contribution in [0.5, 0.6) is 0 Å². The molecule has 1 N–H and O–H groups in total. The molecule has 2 rings (SSSR count). The standard InChI is InChI=1S/C16H26N2/c1-4-16(5-2)13-17-10-11-18(16)12-15-9-7-6-8-14(15)3/h6-9,17H,4-5,10-13H2,1-3H3. The largest absolute Gasteiger partial charge is 0.314 e. The molecule has 0 aromatic heterocycles. The third-order valence-corrected chi connectivity index (χ3v) is 4.62. The van der Waals surface area contributed by atoms with Gasteiger partial charge in [-0.3, -0.25) is 4.90 Å². The van der Waals surface area contributed by atoms with Crippen molar-refractivity contribution in [3.63, 3.8) is 0 Å². The third kappa shape index (κ3) is 2.60. The van der Waals surface area contributed by atoms with Crippen molar-refractivity contribution in [3.8, 4) is 0 Å². The number of nitrogens with zero attached hydrogens (tertiary/aromatic N) is 1. The average Bonchev–Trinajstić information content (AvgIpc) is 2.42. The van der Waals surface area contributed by atoms with Crippen molar-refractivity contribution in [3.05, 3.63) is 35.4 Å². The maximum atomic E-state index is 3.57. The number of piperazine rings is 1. The van der Waals surface area contributed by atoms with E-state index >= 15 is 0 Å². The molecule has 100 valence electrons. The molecular weight excluding hydrogens is 220 g/mol. The van der Waals surface area contributed by atoms with Gasteiger partial charge in [0.25, 0.3) is 0 Å². The van der Waals surface area contributed by atoms with Gasteiger partial charge in [0, 0.05) is 31.7 Å². The van der Waals surface area contributed by atoms with Crippen LogP contribution in [0.15, 0.2) is 24.3 Å². The maximum Gasteiger partial charge on any atom is 0.0332 e. The number of hydrogen-bond acceptors (Lipinski definition) is 2. The van der Waals surface area contributed by atoms with Crippen LogP contribution in [0.2, 0.25) is 0 Å². The highest BCUT2D eigenvalue weighted by Crippen LogP contribution is 2.27. The van der Waals surface area contributed by atoms with E-state index in [1.54, 1.807) is 0 Å². The Morgan fingerprint density at radius 1 is 1.22 bits per heavy atom. The van der Waals surface area contributed by atoms with Crippen LogP contribution in [0, 0.1) is 6.92 Å². The second-order valence-electron chi connectivity index (χ2n) is 5.46. The van der Waals surface area contributed by atoms with Crippen molar-refractivity contribution in [1.82, 2.24) is 10.2 Å². The highest BCUT2D eigenvalue weighted by molar-refractivity contribution is 5.25. The van der Waals surface area contributed by atoms with E-state index in [0.29, 0.717) is 5.54 Å². The Hall–Kier alpha value is -0.860. The SMILES string of the molecule is CCC1(CC)CNCCN1Cc1ccccc1C. The zero-order valence-corrected chi connectivity index (χ0v) is 12.0. The summed E-state index contributed by atoms with van der Waals surface area (Å²) in [6.45, 7) is 11.4. The summed E-state index contributed by atoms with van der Waals surface area (Å²) in [5.41, 5.74) is 3.24. The topological polar surface area (TPSA) is 15.3 Å². The second kappa shape index (κ2) is 5.85. The molecule has 1 heterocycles. The molecule has 0 bridgehead atoms. The van der Waals surface area contributed by atoms with Gasteiger partial charge >= 0.3 is 0 Å². The number of benzene rings is 1. The quantitative estimate of drug-likeness (QED) is 0.878. The summed E-state index contributed by atoms with van der Waals surface area (Å²) in [7, 11) is 0. The van der Waals surface area contributed by atoms with Gasteiger partial charge in [0.05, 0.1) is 0 Å². The Bertz CT molecular complexity index is 382. The lowest BCUT2D eigenvalue weighted by atomic mass is 9.88. The molecule has 1 aromatic rings. The first-order valence-corrected chi connectivity index (χ1v) is 7.22. The predicted octanol–water partition coefficient (Wildman–Crippen LogP) is 2.96. The fourth-order valence-electron chi connectivity index (χ4n) is 3.07. The smallest absolute Gasteiger partial charge is 0.0332 e. The molecule has 0 atom stereocenters. The Morgan fingerprint density at radius 2 is 1.94 bits per heavy atom. The first kappa shape index (κ1) is 13.6. The molecule has 0 saturated carbocycles. The van der Waals surface area contributed by atoms with E-state index in [-0.39, 0.29) is 0 Å². The lowest BCUT2D eigenvalue weighted by Crippen LogP contribution is -2.60. The van der Waals surface area contributed by atoms with E-state index in [9.17, 15) is 0 Å². The molecule has 1 fully saturated rings. The van der Waals surface area contributed by atoms with E-state index in [4.69, 9.17) is 0 Å². The molecule has 0 aliphatic carbocycles. The van der Waals surface area contributed by atoms with Crippen LogP contribution >= 0.6 is 0 Å². The average molecular weight is 246 g/mol. The second-order valence-corrected chi connectivity index (χ2v) is 5.46. The van der Waals surface area contributed by atoms with Gasteiger partial charge in [-0.1, -0.05) is 38.1 Å². The van der Waals surface area contributed by atoms with Crippen LogP contribution in [0.1, 0.15) is 37.8 Å². The van der Waals surface area contributed by atoms with Crippen LogP contribution in [-0.2, 0) is 6.54 Å². The predicted molar refractivity (Wildman–Crippen MR) is 77.8 cm³/mol. The highest BCUT2D eigenvalue weighted by atomic mass is 15.3. The van der Waals surface area contributed by atoms with E-state index in [1.165, 1.54) is 24.0 Å². The van der Waals surface area contributed by atoms with Gasteiger partial charge < -0.3 is 5.32 Å². The first-order chi connectivity index (χ1) is 8.72. The first-order valence-electron chi connectivity index (χ1n) is 7.22. The highest BCUT2D eigenvalue weighted by Gasteiger charge is 2.35. The van der Waals surface area contributed by atoms with E-state index in [1.807, 2.05) is 0 Å². The van der Waals surface area contributed by atoms with Crippen molar-refractivity contribution in [2.45, 2.75) is 45.7 Å². The van der Waals surface area contributed by atoms with Gasteiger partial charge in [-0.05, 0) is 30.9 Å². The van der Waals surface area contributed by atoms with Gasteiger partial charge in [0.15, 0.2) is 0 Å². The molecule has 1 saturated heterocycles. The zero-order chi connectivity index (χ0) is 13.0. The fraction of sp³-hybridized carbons (Fsp3) is 0.625. The molecule has 0 unspecified atom stereocenters. The summed E-state index contributed by atoms with van der Waals surface area (Å²) < 4.78 is 0. The van der Waals surface area contributed by atoms with Crippen LogP contribution in [0.4, 0.5) is 0 Å². The molecular formula is C16H26N2. The molecule has 0 spiro atoms. The minimum atomic E-state index is 0.348. The number of hydrogen-bond donors (Lipinski definition) is 1. The lowest BCUT2D eigenvalue weighted by molar-refractivity contribution is 0.0446. The number of nitrogens with one attached hydrogen (secondary N) is 1. The fourth-order valence-corrected chi connectivity index (χ4v) is 3.07. The molecule has 1 aliphatic rings. The summed E-state index contributed by atoms with van der Waals surface area (Å²) in [4.78, 5) is 2.69. The lowest BCUT2D eigenvalue weighted by Gasteiger charge is -2.47. The van der Waals surface area contributed by atoms with Gasteiger partial charge in [0.2, 0.25) is 0 Å². The van der Waals surface area contributed by atoms with Gasteiger partial charge in [-0.25, -0.2) is 0 Å². The minimum absolute atomic E-state index is 0.348. The molecule has 18 heavy (non-hydrogen) atoms. The third-order valence-electron chi connectivity index (χ3n) is 4.62. The Labute approximate surface area is 111 Å².